The first-order chi connectivity index (χ1) is 10.9. The van der Waals surface area contributed by atoms with Crippen LogP contribution in [0.25, 0.3) is 0 Å². The largest absolute Gasteiger partial charge is 0.444 e. The molecule has 6 heteroatoms. The van der Waals surface area contributed by atoms with Crippen molar-refractivity contribution in [2.45, 2.75) is 84.6 Å². The third-order valence-corrected chi connectivity index (χ3v) is 4.13. The summed E-state index contributed by atoms with van der Waals surface area (Å²) >= 11 is 0. The summed E-state index contributed by atoms with van der Waals surface area (Å²) in [7, 11) is 0. The summed E-state index contributed by atoms with van der Waals surface area (Å²) in [6.45, 7) is 13.8. The molecule has 1 fully saturated rings. The Morgan fingerprint density at radius 1 is 1.21 bits per heavy atom. The lowest BCUT2D eigenvalue weighted by Gasteiger charge is -2.51. The standard InChI is InChI=1S/C18H30N2O4/c1-11-8-9-12-14(19-16(22)24-18(5,6)7)15(21)20(12)13(11)10-23-17(2,3)4/h12,14H,8-10H2,1-7H3,(H,19,22). The zero-order valence-electron chi connectivity index (χ0n) is 15.9. The number of carbonyl (C=O) groups excluding carboxylic acids is 2. The van der Waals surface area contributed by atoms with Crippen LogP contribution in [0.3, 0.4) is 0 Å². The number of nitrogens with one attached hydrogen (secondary N) is 1. The summed E-state index contributed by atoms with van der Waals surface area (Å²) in [5.41, 5.74) is 1.28. The fraction of sp³-hybridized carbons (Fsp3) is 0.778. The van der Waals surface area contributed by atoms with Crippen LogP contribution in [-0.2, 0) is 14.3 Å². The number of nitrogens with zero attached hydrogens (tertiary/aromatic N) is 1. The Morgan fingerprint density at radius 2 is 1.83 bits per heavy atom. The van der Waals surface area contributed by atoms with Crippen molar-refractivity contribution in [2.75, 3.05) is 6.61 Å². The zero-order valence-corrected chi connectivity index (χ0v) is 15.9. The molecule has 2 heterocycles. The van der Waals surface area contributed by atoms with E-state index >= 15 is 0 Å². The predicted octanol–water partition coefficient (Wildman–Crippen LogP) is 2.97. The van der Waals surface area contributed by atoms with Gasteiger partial charge in [0.25, 0.3) is 5.91 Å². The minimum Gasteiger partial charge on any atom is -0.444 e. The Labute approximate surface area is 144 Å². The van der Waals surface area contributed by atoms with Crippen LogP contribution in [0.5, 0.6) is 0 Å². The molecule has 2 atom stereocenters. The molecule has 0 bridgehead atoms. The molecule has 0 aromatic heterocycles. The first-order valence-electron chi connectivity index (χ1n) is 8.54. The SMILES string of the molecule is CC1=C(COC(C)(C)C)N2C(=O)C(NC(=O)OC(C)(C)C)C2CC1. The van der Waals surface area contributed by atoms with Crippen molar-refractivity contribution in [3.63, 3.8) is 0 Å². The van der Waals surface area contributed by atoms with E-state index in [4.69, 9.17) is 9.47 Å². The summed E-state index contributed by atoms with van der Waals surface area (Å²) in [4.78, 5) is 26.3. The molecule has 0 aromatic rings. The highest BCUT2D eigenvalue weighted by molar-refractivity contribution is 5.94. The van der Waals surface area contributed by atoms with Crippen molar-refractivity contribution in [3.8, 4) is 0 Å². The highest BCUT2D eigenvalue weighted by Gasteiger charge is 2.51. The minimum absolute atomic E-state index is 0.00714. The Bertz CT molecular complexity index is 554. The number of fused-ring (bicyclic) bond motifs is 1. The number of amides is 2. The van der Waals surface area contributed by atoms with E-state index in [0.29, 0.717) is 6.61 Å². The minimum atomic E-state index is -0.578. The molecule has 2 aliphatic rings. The lowest BCUT2D eigenvalue weighted by atomic mass is 9.84. The van der Waals surface area contributed by atoms with E-state index in [2.05, 4.69) is 5.32 Å². The molecule has 6 nitrogen and oxygen atoms in total. The third kappa shape index (κ3) is 4.29. The van der Waals surface area contributed by atoms with E-state index < -0.39 is 17.7 Å². The summed E-state index contributed by atoms with van der Waals surface area (Å²) < 4.78 is 11.1. The first kappa shape index (κ1) is 18.8. The molecule has 24 heavy (non-hydrogen) atoms. The van der Waals surface area contributed by atoms with Crippen molar-refractivity contribution >= 4 is 12.0 Å². The number of carbonyl (C=O) groups is 2. The predicted molar refractivity (Wildman–Crippen MR) is 91.4 cm³/mol. The first-order valence-corrected chi connectivity index (χ1v) is 8.54. The van der Waals surface area contributed by atoms with Gasteiger partial charge in [-0.2, -0.15) is 0 Å². The smallest absolute Gasteiger partial charge is 0.408 e. The molecule has 2 rings (SSSR count). The molecule has 1 N–H and O–H groups in total. The van der Waals surface area contributed by atoms with Crippen LogP contribution in [0.2, 0.25) is 0 Å². The second kappa shape index (κ2) is 6.39. The van der Waals surface area contributed by atoms with Crippen LogP contribution < -0.4 is 5.32 Å². The molecule has 0 aromatic carbocycles. The van der Waals surface area contributed by atoms with Crippen LogP contribution in [0.4, 0.5) is 4.79 Å². The molecule has 0 spiro atoms. The lowest BCUT2D eigenvalue weighted by molar-refractivity contribution is -0.150. The van der Waals surface area contributed by atoms with Gasteiger partial charge in [-0.3, -0.25) is 4.79 Å². The van der Waals surface area contributed by atoms with Gasteiger partial charge in [0.2, 0.25) is 0 Å². The normalized spacial score (nSPS) is 24.5. The van der Waals surface area contributed by atoms with Crippen molar-refractivity contribution in [1.82, 2.24) is 10.2 Å². The number of allylic oxidation sites excluding steroid dienone is 1. The summed E-state index contributed by atoms with van der Waals surface area (Å²) in [6.07, 6.45) is 1.21. The van der Waals surface area contributed by atoms with E-state index in [1.54, 1.807) is 25.7 Å². The van der Waals surface area contributed by atoms with Gasteiger partial charge in [-0.05, 0) is 61.3 Å². The van der Waals surface area contributed by atoms with Crippen LogP contribution in [0.15, 0.2) is 11.3 Å². The van der Waals surface area contributed by atoms with Gasteiger partial charge in [-0.1, -0.05) is 5.57 Å². The van der Waals surface area contributed by atoms with E-state index in [0.717, 1.165) is 18.5 Å². The lowest BCUT2D eigenvalue weighted by Crippen LogP contribution is -2.71. The highest BCUT2D eigenvalue weighted by atomic mass is 16.6. The van der Waals surface area contributed by atoms with Gasteiger partial charge in [0, 0.05) is 5.70 Å². The average Bonchev–Trinajstić information content (AvgIpc) is 2.40. The fourth-order valence-electron chi connectivity index (χ4n) is 2.96. The summed E-state index contributed by atoms with van der Waals surface area (Å²) in [6, 6.07) is -0.509. The van der Waals surface area contributed by atoms with E-state index in [9.17, 15) is 9.59 Å². The maximum Gasteiger partial charge on any atom is 0.408 e. The Hall–Kier alpha value is -1.56. The number of hydrogen-bond acceptors (Lipinski definition) is 4. The highest BCUT2D eigenvalue weighted by Crippen LogP contribution is 2.37. The number of β-lactam (4-membered cyclic amide) rings is 1. The van der Waals surface area contributed by atoms with Gasteiger partial charge in [0.05, 0.1) is 18.2 Å². The van der Waals surface area contributed by atoms with Gasteiger partial charge in [-0.15, -0.1) is 0 Å². The molecular formula is C18H30N2O4. The number of rotatable bonds is 3. The van der Waals surface area contributed by atoms with Crippen LogP contribution >= 0.6 is 0 Å². The number of hydrogen-bond donors (Lipinski definition) is 1. The van der Waals surface area contributed by atoms with E-state index in [1.807, 2.05) is 27.7 Å². The maximum atomic E-state index is 12.5. The van der Waals surface area contributed by atoms with E-state index in [1.165, 1.54) is 5.57 Å². The van der Waals surface area contributed by atoms with Gasteiger partial charge < -0.3 is 19.7 Å². The monoisotopic (exact) mass is 338 g/mol. The molecule has 0 aliphatic carbocycles. The van der Waals surface area contributed by atoms with Gasteiger partial charge in [-0.25, -0.2) is 4.79 Å². The zero-order chi connectivity index (χ0) is 18.3. The van der Waals surface area contributed by atoms with Crippen molar-refractivity contribution in [1.29, 1.82) is 0 Å². The molecule has 2 amide bonds. The number of alkyl carbamates (subject to hydrolysis) is 1. The van der Waals surface area contributed by atoms with Crippen molar-refractivity contribution < 1.29 is 19.1 Å². The summed E-state index contributed by atoms with van der Waals surface area (Å²) in [5.74, 6) is -0.0857. The third-order valence-electron chi connectivity index (χ3n) is 4.13. The van der Waals surface area contributed by atoms with Gasteiger partial charge >= 0.3 is 6.09 Å². The van der Waals surface area contributed by atoms with Crippen molar-refractivity contribution in [2.24, 2.45) is 0 Å². The Kier molecular flexibility index (Phi) is 5.00. The molecule has 2 aliphatic heterocycles. The average molecular weight is 338 g/mol. The molecule has 0 saturated carbocycles. The topological polar surface area (TPSA) is 67.9 Å². The quantitative estimate of drug-likeness (QED) is 0.803. The Balaban J connectivity index is 2.02. The molecule has 136 valence electrons. The number of ether oxygens (including phenoxy) is 2. The van der Waals surface area contributed by atoms with Crippen LogP contribution in [0, 0.1) is 0 Å². The molecule has 1 saturated heterocycles. The molecule has 2 unspecified atom stereocenters. The summed E-state index contributed by atoms with van der Waals surface area (Å²) in [5, 5.41) is 2.71. The van der Waals surface area contributed by atoms with Crippen LogP contribution in [-0.4, -0.2) is 46.8 Å². The molecular weight excluding hydrogens is 308 g/mol. The maximum absolute atomic E-state index is 12.5. The second-order valence-electron chi connectivity index (χ2n) is 8.57. The van der Waals surface area contributed by atoms with Crippen molar-refractivity contribution in [3.05, 3.63) is 11.3 Å². The Morgan fingerprint density at radius 3 is 2.38 bits per heavy atom. The fourth-order valence-corrected chi connectivity index (χ4v) is 2.96. The van der Waals surface area contributed by atoms with Crippen LogP contribution in [0.1, 0.15) is 61.3 Å². The van der Waals surface area contributed by atoms with Gasteiger partial charge in [0.15, 0.2) is 0 Å². The second-order valence-corrected chi connectivity index (χ2v) is 8.57. The van der Waals surface area contributed by atoms with E-state index in [-0.39, 0.29) is 17.6 Å². The van der Waals surface area contributed by atoms with Gasteiger partial charge in [0.1, 0.15) is 11.6 Å². The molecule has 0 radical (unpaired) electrons.